The zero-order valence-electron chi connectivity index (χ0n) is 10.8. The van der Waals surface area contributed by atoms with Gasteiger partial charge in [-0.1, -0.05) is 20.3 Å². The second-order valence-electron chi connectivity index (χ2n) is 4.31. The number of benzene rings is 1. The van der Waals surface area contributed by atoms with Crippen LogP contribution in [0.25, 0.3) is 0 Å². The zero-order valence-corrected chi connectivity index (χ0v) is 10.8. The van der Waals surface area contributed by atoms with Crippen LogP contribution >= 0.6 is 0 Å². The first-order chi connectivity index (χ1) is 8.93. The molecular weight excluding hydrogens is 251 g/mol. The highest BCUT2D eigenvalue weighted by atomic mass is 19.1. The molecule has 0 heterocycles. The lowest BCUT2D eigenvalue weighted by atomic mass is 9.99. The zero-order chi connectivity index (χ0) is 14.4. The number of carboxylic acids is 1. The molecule has 6 heteroatoms. The maximum Gasteiger partial charge on any atom is 0.326 e. The quantitative estimate of drug-likeness (QED) is 0.767. The highest BCUT2D eigenvalue weighted by Gasteiger charge is 2.25. The van der Waals surface area contributed by atoms with Crippen molar-refractivity contribution in [3.63, 3.8) is 0 Å². The third-order valence-electron chi connectivity index (χ3n) is 2.87. The Hall–Kier alpha value is -2.11. The Morgan fingerprint density at radius 2 is 1.89 bits per heavy atom. The van der Waals surface area contributed by atoms with Crippen LogP contribution in [0.1, 0.15) is 20.3 Å². The normalized spacial score (nSPS) is 13.4. The summed E-state index contributed by atoms with van der Waals surface area (Å²) in [5.41, 5.74) is 0.396. The minimum atomic E-state index is -1.08. The number of halogens is 1. The Bertz CT molecular complexity index is 448. The molecule has 19 heavy (non-hydrogen) atoms. The first-order valence-electron chi connectivity index (χ1n) is 6.00. The van der Waals surface area contributed by atoms with Gasteiger partial charge in [-0.15, -0.1) is 0 Å². The van der Waals surface area contributed by atoms with Gasteiger partial charge >= 0.3 is 12.0 Å². The van der Waals surface area contributed by atoms with Crippen molar-refractivity contribution in [2.45, 2.75) is 26.3 Å². The number of urea groups is 1. The summed E-state index contributed by atoms with van der Waals surface area (Å²) in [5, 5.41) is 13.9. The summed E-state index contributed by atoms with van der Waals surface area (Å²) in [6.07, 6.45) is 0.633. The summed E-state index contributed by atoms with van der Waals surface area (Å²) >= 11 is 0. The van der Waals surface area contributed by atoms with Crippen LogP contribution < -0.4 is 10.6 Å². The van der Waals surface area contributed by atoms with Crippen LogP contribution in [0.3, 0.4) is 0 Å². The minimum absolute atomic E-state index is 0.184. The molecule has 1 aromatic rings. The minimum Gasteiger partial charge on any atom is -0.480 e. The molecule has 2 amide bonds. The summed E-state index contributed by atoms with van der Waals surface area (Å²) < 4.78 is 12.7. The average molecular weight is 268 g/mol. The summed E-state index contributed by atoms with van der Waals surface area (Å²) in [6.45, 7) is 3.59. The molecule has 104 valence electrons. The smallest absolute Gasteiger partial charge is 0.326 e. The van der Waals surface area contributed by atoms with E-state index in [-0.39, 0.29) is 5.92 Å². The number of amides is 2. The highest BCUT2D eigenvalue weighted by molar-refractivity contribution is 5.92. The van der Waals surface area contributed by atoms with Crippen LogP contribution in [0.2, 0.25) is 0 Å². The Kier molecular flexibility index (Phi) is 5.29. The Morgan fingerprint density at radius 1 is 1.32 bits per heavy atom. The van der Waals surface area contributed by atoms with Crippen molar-refractivity contribution in [1.29, 1.82) is 0 Å². The predicted molar refractivity (Wildman–Crippen MR) is 69.4 cm³/mol. The second kappa shape index (κ2) is 6.72. The van der Waals surface area contributed by atoms with Gasteiger partial charge in [0.2, 0.25) is 0 Å². The van der Waals surface area contributed by atoms with Crippen molar-refractivity contribution in [3.8, 4) is 0 Å². The Morgan fingerprint density at radius 3 is 2.37 bits per heavy atom. The molecule has 0 fully saturated rings. The van der Waals surface area contributed by atoms with Crippen molar-refractivity contribution in [1.82, 2.24) is 5.32 Å². The molecule has 2 unspecified atom stereocenters. The molecule has 0 spiro atoms. The van der Waals surface area contributed by atoms with Crippen molar-refractivity contribution in [2.75, 3.05) is 5.32 Å². The first kappa shape index (κ1) is 14.9. The van der Waals surface area contributed by atoms with Crippen LogP contribution in [-0.2, 0) is 4.79 Å². The molecule has 0 radical (unpaired) electrons. The monoisotopic (exact) mass is 268 g/mol. The maximum atomic E-state index is 12.7. The van der Waals surface area contributed by atoms with E-state index < -0.39 is 23.9 Å². The Balaban J connectivity index is 2.62. The van der Waals surface area contributed by atoms with Crippen LogP contribution in [0.4, 0.5) is 14.9 Å². The number of carbonyl (C=O) groups excluding carboxylic acids is 1. The molecule has 5 nitrogen and oxygen atoms in total. The van der Waals surface area contributed by atoms with E-state index in [2.05, 4.69) is 10.6 Å². The van der Waals surface area contributed by atoms with Gasteiger partial charge in [-0.2, -0.15) is 0 Å². The molecule has 1 rings (SSSR count). The van der Waals surface area contributed by atoms with Gasteiger partial charge in [0.15, 0.2) is 0 Å². The molecule has 1 aromatic carbocycles. The van der Waals surface area contributed by atoms with Gasteiger partial charge < -0.3 is 15.7 Å². The lowest BCUT2D eigenvalue weighted by Gasteiger charge is -2.20. The molecule has 0 aliphatic rings. The van der Waals surface area contributed by atoms with E-state index in [4.69, 9.17) is 5.11 Å². The number of hydrogen-bond donors (Lipinski definition) is 3. The number of rotatable bonds is 5. The van der Waals surface area contributed by atoms with E-state index in [1.165, 1.54) is 24.3 Å². The van der Waals surface area contributed by atoms with Gasteiger partial charge in [0.05, 0.1) is 0 Å². The molecular formula is C13H17FN2O3. The Labute approximate surface area is 110 Å². The number of carbonyl (C=O) groups is 2. The van der Waals surface area contributed by atoms with Crippen LogP contribution in [-0.4, -0.2) is 23.1 Å². The second-order valence-corrected chi connectivity index (χ2v) is 4.31. The SMILES string of the molecule is CCC(C)C(NC(=O)Nc1ccc(F)cc1)C(=O)O. The molecule has 0 aromatic heterocycles. The fraction of sp³-hybridized carbons (Fsp3) is 0.385. The van der Waals surface area contributed by atoms with E-state index in [1.54, 1.807) is 6.92 Å². The number of nitrogens with one attached hydrogen (secondary N) is 2. The van der Waals surface area contributed by atoms with E-state index in [0.717, 1.165) is 0 Å². The van der Waals surface area contributed by atoms with Gasteiger partial charge in [-0.05, 0) is 30.2 Å². The molecule has 2 atom stereocenters. The van der Waals surface area contributed by atoms with Crippen LogP contribution in [0.5, 0.6) is 0 Å². The van der Waals surface area contributed by atoms with Crippen molar-refractivity contribution >= 4 is 17.7 Å². The fourth-order valence-corrected chi connectivity index (χ4v) is 1.52. The first-order valence-corrected chi connectivity index (χ1v) is 6.00. The number of aliphatic carboxylic acids is 1. The summed E-state index contributed by atoms with van der Waals surface area (Å²) in [7, 11) is 0. The fourth-order valence-electron chi connectivity index (χ4n) is 1.52. The summed E-state index contributed by atoms with van der Waals surface area (Å²) in [5.74, 6) is -1.67. The van der Waals surface area contributed by atoms with E-state index in [0.29, 0.717) is 12.1 Å². The van der Waals surface area contributed by atoms with Gasteiger partial charge in [0.1, 0.15) is 11.9 Å². The molecule has 0 saturated heterocycles. The highest BCUT2D eigenvalue weighted by Crippen LogP contribution is 2.10. The van der Waals surface area contributed by atoms with Gasteiger partial charge in [-0.25, -0.2) is 14.0 Å². The maximum absolute atomic E-state index is 12.7. The molecule has 0 bridgehead atoms. The number of anilines is 1. The lowest BCUT2D eigenvalue weighted by Crippen LogP contribution is -2.46. The molecule has 3 N–H and O–H groups in total. The summed E-state index contributed by atoms with van der Waals surface area (Å²) in [4.78, 5) is 22.7. The van der Waals surface area contributed by atoms with Crippen LogP contribution in [0, 0.1) is 11.7 Å². The molecule has 0 aliphatic carbocycles. The van der Waals surface area contributed by atoms with E-state index in [1.807, 2.05) is 6.92 Å². The standard InChI is InChI=1S/C13H17FN2O3/c1-3-8(2)11(12(17)18)16-13(19)15-10-6-4-9(14)5-7-10/h4-8,11H,3H2,1-2H3,(H,17,18)(H2,15,16,19). The molecule has 0 saturated carbocycles. The lowest BCUT2D eigenvalue weighted by molar-refractivity contribution is -0.140. The van der Waals surface area contributed by atoms with Crippen LogP contribution in [0.15, 0.2) is 24.3 Å². The topological polar surface area (TPSA) is 78.4 Å². The van der Waals surface area contributed by atoms with Gasteiger partial charge in [0.25, 0.3) is 0 Å². The third kappa shape index (κ3) is 4.57. The average Bonchev–Trinajstić information content (AvgIpc) is 2.37. The van der Waals surface area contributed by atoms with Crippen molar-refractivity contribution < 1.29 is 19.1 Å². The van der Waals surface area contributed by atoms with Crippen molar-refractivity contribution in [3.05, 3.63) is 30.1 Å². The third-order valence-corrected chi connectivity index (χ3v) is 2.87. The van der Waals surface area contributed by atoms with E-state index >= 15 is 0 Å². The number of hydrogen-bond acceptors (Lipinski definition) is 2. The summed E-state index contributed by atoms with van der Waals surface area (Å²) in [6, 6.07) is 3.63. The predicted octanol–water partition coefficient (Wildman–Crippen LogP) is 2.45. The largest absolute Gasteiger partial charge is 0.480 e. The van der Waals surface area contributed by atoms with Crippen molar-refractivity contribution in [2.24, 2.45) is 5.92 Å². The van der Waals surface area contributed by atoms with Gasteiger partial charge in [0, 0.05) is 5.69 Å². The van der Waals surface area contributed by atoms with Gasteiger partial charge in [-0.3, -0.25) is 0 Å². The molecule has 0 aliphatic heterocycles. The number of carboxylic acid groups (broad SMARTS) is 1. The van der Waals surface area contributed by atoms with E-state index in [9.17, 15) is 14.0 Å².